The number of nitrogens with zero attached hydrogens (tertiary/aromatic N) is 2. The number of amides is 1. The Morgan fingerprint density at radius 2 is 2.08 bits per heavy atom. The average Bonchev–Trinajstić information content (AvgIpc) is 2.58. The number of aryl methyl sites for hydroxylation is 2. The van der Waals surface area contributed by atoms with E-state index in [1.807, 2.05) is 6.07 Å². The van der Waals surface area contributed by atoms with E-state index in [1.54, 1.807) is 6.92 Å². The summed E-state index contributed by atoms with van der Waals surface area (Å²) in [5, 5.41) is 0. The van der Waals surface area contributed by atoms with Gasteiger partial charge < -0.3 is 9.64 Å². The van der Waals surface area contributed by atoms with Crippen LogP contribution in [-0.4, -0.2) is 30.2 Å². The number of pyridine rings is 1. The number of alkyl halides is 3. The van der Waals surface area contributed by atoms with Gasteiger partial charge in [-0.2, -0.15) is 13.2 Å². The number of fused-ring (bicyclic) bond motifs is 1. The zero-order chi connectivity index (χ0) is 18.9. The van der Waals surface area contributed by atoms with Crippen LogP contribution in [0.3, 0.4) is 0 Å². The summed E-state index contributed by atoms with van der Waals surface area (Å²) < 4.78 is 55.4. The molecule has 0 unspecified atom stereocenters. The summed E-state index contributed by atoms with van der Waals surface area (Å²) >= 11 is 0. The Labute approximate surface area is 147 Å². The molecule has 1 aromatic carbocycles. The summed E-state index contributed by atoms with van der Waals surface area (Å²) in [5.41, 5.74) is 1.95. The van der Waals surface area contributed by atoms with Gasteiger partial charge in [-0.1, -0.05) is 6.07 Å². The zero-order valence-electron chi connectivity index (χ0n) is 13.9. The molecule has 1 aliphatic heterocycles. The molecule has 1 amide bonds. The third kappa shape index (κ3) is 3.95. The number of halogens is 4. The zero-order valence-corrected chi connectivity index (χ0v) is 13.9. The Morgan fingerprint density at radius 3 is 2.73 bits per heavy atom. The molecule has 0 aliphatic carbocycles. The molecule has 8 heteroatoms. The molecule has 0 bridgehead atoms. The van der Waals surface area contributed by atoms with Gasteiger partial charge in [0.15, 0.2) is 6.61 Å². The van der Waals surface area contributed by atoms with E-state index in [0.29, 0.717) is 19.4 Å². The number of benzene rings is 1. The maximum absolute atomic E-state index is 14.4. The predicted molar refractivity (Wildman–Crippen MR) is 86.9 cm³/mol. The smallest absolute Gasteiger partial charge is 0.422 e. The van der Waals surface area contributed by atoms with Gasteiger partial charge in [-0.3, -0.25) is 4.79 Å². The highest BCUT2D eigenvalue weighted by molar-refractivity contribution is 6.06. The Bertz CT molecular complexity index is 819. The molecule has 2 aromatic rings. The van der Waals surface area contributed by atoms with Crippen molar-refractivity contribution in [3.63, 3.8) is 0 Å². The van der Waals surface area contributed by atoms with Crippen LogP contribution in [0, 0.1) is 12.7 Å². The summed E-state index contributed by atoms with van der Waals surface area (Å²) in [6, 6.07) is 5.73. The minimum absolute atomic E-state index is 0.150. The van der Waals surface area contributed by atoms with Crippen LogP contribution in [0.1, 0.15) is 27.9 Å². The summed E-state index contributed by atoms with van der Waals surface area (Å²) in [5.74, 6) is -1.16. The Hall–Kier alpha value is -2.64. The van der Waals surface area contributed by atoms with E-state index in [9.17, 15) is 22.4 Å². The van der Waals surface area contributed by atoms with E-state index in [1.165, 1.54) is 23.1 Å². The van der Waals surface area contributed by atoms with Gasteiger partial charge in [-0.25, -0.2) is 9.37 Å². The van der Waals surface area contributed by atoms with Crippen molar-refractivity contribution in [1.29, 1.82) is 0 Å². The first-order chi connectivity index (χ1) is 12.2. The SMILES string of the molecule is Cc1cc(F)c2c(c1)CCCN2C(=O)c1ccc(OCC(F)(F)F)nc1. The van der Waals surface area contributed by atoms with Crippen LogP contribution in [0.15, 0.2) is 30.5 Å². The quantitative estimate of drug-likeness (QED) is 0.768. The molecule has 1 aromatic heterocycles. The fourth-order valence-electron chi connectivity index (χ4n) is 2.95. The van der Waals surface area contributed by atoms with Crippen molar-refractivity contribution in [1.82, 2.24) is 4.98 Å². The monoisotopic (exact) mass is 368 g/mol. The highest BCUT2D eigenvalue weighted by Gasteiger charge is 2.29. The van der Waals surface area contributed by atoms with Crippen molar-refractivity contribution in [2.45, 2.75) is 25.9 Å². The normalized spacial score (nSPS) is 14.1. The molecular weight excluding hydrogens is 352 g/mol. The van der Waals surface area contributed by atoms with Crippen molar-refractivity contribution in [3.05, 3.63) is 53.0 Å². The molecule has 0 fully saturated rings. The van der Waals surface area contributed by atoms with Crippen molar-refractivity contribution in [2.24, 2.45) is 0 Å². The molecule has 138 valence electrons. The summed E-state index contributed by atoms with van der Waals surface area (Å²) in [6.07, 6.45) is -1.96. The third-order valence-corrected chi connectivity index (χ3v) is 4.00. The van der Waals surface area contributed by atoms with Gasteiger partial charge >= 0.3 is 6.18 Å². The maximum atomic E-state index is 14.4. The lowest BCUT2D eigenvalue weighted by Gasteiger charge is -2.30. The van der Waals surface area contributed by atoms with E-state index in [0.717, 1.165) is 17.3 Å². The highest BCUT2D eigenvalue weighted by Crippen LogP contribution is 2.32. The second kappa shape index (κ2) is 6.93. The van der Waals surface area contributed by atoms with Gasteiger partial charge in [0.2, 0.25) is 5.88 Å². The molecular formula is C18H16F4N2O2. The average molecular weight is 368 g/mol. The Morgan fingerprint density at radius 1 is 1.31 bits per heavy atom. The number of rotatable bonds is 3. The van der Waals surface area contributed by atoms with E-state index >= 15 is 0 Å². The Kier molecular flexibility index (Phi) is 4.84. The van der Waals surface area contributed by atoms with E-state index in [2.05, 4.69) is 9.72 Å². The second-order valence-electron chi connectivity index (χ2n) is 6.10. The molecule has 0 N–H and O–H groups in total. The van der Waals surface area contributed by atoms with E-state index < -0.39 is 24.5 Å². The standard InChI is InChI=1S/C18H16F4N2O2/c1-11-7-12-3-2-6-24(16(12)14(19)8-11)17(25)13-4-5-15(23-9-13)26-10-18(20,21)22/h4-5,7-9H,2-3,6,10H2,1H3. The third-order valence-electron chi connectivity index (χ3n) is 4.00. The molecule has 0 spiro atoms. The van der Waals surface area contributed by atoms with Crippen LogP contribution < -0.4 is 9.64 Å². The molecule has 1 aliphatic rings. The summed E-state index contributed by atoms with van der Waals surface area (Å²) in [6.45, 7) is 0.684. The van der Waals surface area contributed by atoms with Gasteiger partial charge in [-0.15, -0.1) is 0 Å². The van der Waals surface area contributed by atoms with Crippen LogP contribution in [0.5, 0.6) is 5.88 Å². The molecule has 2 heterocycles. The van der Waals surface area contributed by atoms with E-state index in [4.69, 9.17) is 0 Å². The first kappa shape index (κ1) is 18.2. The molecule has 0 saturated heterocycles. The van der Waals surface area contributed by atoms with Gasteiger partial charge in [-0.05, 0) is 43.0 Å². The number of anilines is 1. The van der Waals surface area contributed by atoms with Gasteiger partial charge in [0, 0.05) is 18.8 Å². The number of hydrogen-bond donors (Lipinski definition) is 0. The minimum atomic E-state index is -4.47. The van der Waals surface area contributed by atoms with Crippen LogP contribution in [0.2, 0.25) is 0 Å². The predicted octanol–water partition coefficient (Wildman–Crippen LogP) is 4.06. The lowest BCUT2D eigenvalue weighted by atomic mass is 9.98. The summed E-state index contributed by atoms with van der Waals surface area (Å²) in [7, 11) is 0. The number of carbonyl (C=O) groups excluding carboxylic acids is 1. The molecule has 0 saturated carbocycles. The van der Waals surface area contributed by atoms with Crippen LogP contribution >= 0.6 is 0 Å². The number of hydrogen-bond acceptors (Lipinski definition) is 3. The van der Waals surface area contributed by atoms with Crippen molar-refractivity contribution in [3.8, 4) is 5.88 Å². The lowest BCUT2D eigenvalue weighted by molar-refractivity contribution is -0.154. The van der Waals surface area contributed by atoms with Crippen molar-refractivity contribution in [2.75, 3.05) is 18.1 Å². The van der Waals surface area contributed by atoms with Crippen molar-refractivity contribution < 1.29 is 27.1 Å². The molecule has 0 radical (unpaired) electrons. The van der Waals surface area contributed by atoms with Crippen LogP contribution in [0.25, 0.3) is 0 Å². The minimum Gasteiger partial charge on any atom is -0.468 e. The fourth-order valence-corrected chi connectivity index (χ4v) is 2.95. The summed E-state index contributed by atoms with van der Waals surface area (Å²) in [4.78, 5) is 17.8. The molecule has 3 rings (SSSR count). The largest absolute Gasteiger partial charge is 0.468 e. The highest BCUT2D eigenvalue weighted by atomic mass is 19.4. The molecule has 4 nitrogen and oxygen atoms in total. The first-order valence-electron chi connectivity index (χ1n) is 8.01. The van der Waals surface area contributed by atoms with Crippen LogP contribution in [-0.2, 0) is 6.42 Å². The van der Waals surface area contributed by atoms with Crippen LogP contribution in [0.4, 0.5) is 23.2 Å². The number of ether oxygens (including phenoxy) is 1. The van der Waals surface area contributed by atoms with Gasteiger partial charge in [0.25, 0.3) is 5.91 Å². The maximum Gasteiger partial charge on any atom is 0.422 e. The topological polar surface area (TPSA) is 42.4 Å². The van der Waals surface area contributed by atoms with Crippen molar-refractivity contribution >= 4 is 11.6 Å². The number of aromatic nitrogens is 1. The number of carbonyl (C=O) groups is 1. The molecule has 0 atom stereocenters. The van der Waals surface area contributed by atoms with Gasteiger partial charge in [0.05, 0.1) is 11.3 Å². The van der Waals surface area contributed by atoms with E-state index in [-0.39, 0.29) is 17.1 Å². The Balaban J connectivity index is 1.81. The fraction of sp³-hybridized carbons (Fsp3) is 0.333. The first-order valence-corrected chi connectivity index (χ1v) is 8.01. The lowest BCUT2D eigenvalue weighted by Crippen LogP contribution is -2.36. The second-order valence-corrected chi connectivity index (χ2v) is 6.10. The molecule has 26 heavy (non-hydrogen) atoms. The van der Waals surface area contributed by atoms with Gasteiger partial charge in [0.1, 0.15) is 5.82 Å².